The summed E-state index contributed by atoms with van der Waals surface area (Å²) >= 11 is 0. The van der Waals surface area contributed by atoms with E-state index in [-0.39, 0.29) is 0 Å². The van der Waals surface area contributed by atoms with Crippen molar-refractivity contribution in [3.05, 3.63) is 12.2 Å². The maximum atomic E-state index is 3.92. The Labute approximate surface area is 102 Å². The summed E-state index contributed by atoms with van der Waals surface area (Å²) in [6, 6.07) is 0. The summed E-state index contributed by atoms with van der Waals surface area (Å²) in [5.41, 5.74) is 1.75. The van der Waals surface area contributed by atoms with Crippen LogP contribution in [0.2, 0.25) is 0 Å². The highest BCUT2D eigenvalue weighted by molar-refractivity contribution is 4.91. The normalized spacial score (nSPS) is 26.8. The average molecular weight is 223 g/mol. The average Bonchev–Trinajstić information content (AvgIpc) is 2.16. The molecule has 1 aliphatic carbocycles. The molecule has 1 heteroatoms. The van der Waals surface area contributed by atoms with E-state index in [9.17, 15) is 0 Å². The van der Waals surface area contributed by atoms with E-state index in [2.05, 4.69) is 39.6 Å². The summed E-state index contributed by atoms with van der Waals surface area (Å²) in [5.74, 6) is 1.84. The molecule has 0 radical (unpaired) electrons. The van der Waals surface area contributed by atoms with E-state index in [1.165, 1.54) is 37.8 Å². The standard InChI is InChI=1S/C15H29N/c1-12(2)10-16-11-13-6-8-14(9-7-13)15(3,4)5/h13-14,16H,1,6-11H2,2-5H3. The van der Waals surface area contributed by atoms with Crippen molar-refractivity contribution in [2.75, 3.05) is 13.1 Å². The van der Waals surface area contributed by atoms with Crippen LogP contribution in [0.15, 0.2) is 12.2 Å². The van der Waals surface area contributed by atoms with Gasteiger partial charge < -0.3 is 5.32 Å². The van der Waals surface area contributed by atoms with Gasteiger partial charge >= 0.3 is 0 Å². The molecule has 0 atom stereocenters. The van der Waals surface area contributed by atoms with Gasteiger partial charge in [-0.3, -0.25) is 0 Å². The Morgan fingerprint density at radius 3 is 2.19 bits per heavy atom. The Hall–Kier alpha value is -0.300. The zero-order valence-corrected chi connectivity index (χ0v) is 11.6. The van der Waals surface area contributed by atoms with Gasteiger partial charge in [0, 0.05) is 6.54 Å². The lowest BCUT2D eigenvalue weighted by atomic mass is 9.70. The molecule has 0 aromatic carbocycles. The lowest BCUT2D eigenvalue weighted by Gasteiger charge is -2.37. The van der Waals surface area contributed by atoms with E-state index in [0.717, 1.165) is 18.4 Å². The van der Waals surface area contributed by atoms with Crippen LogP contribution < -0.4 is 5.32 Å². The summed E-state index contributed by atoms with van der Waals surface area (Å²) < 4.78 is 0. The van der Waals surface area contributed by atoms with Gasteiger partial charge in [0.05, 0.1) is 0 Å². The molecule has 1 saturated carbocycles. The van der Waals surface area contributed by atoms with Crippen molar-refractivity contribution in [1.29, 1.82) is 0 Å². The highest BCUT2D eigenvalue weighted by Gasteiger charge is 2.29. The molecule has 94 valence electrons. The predicted octanol–water partition coefficient (Wildman–Crippen LogP) is 4.00. The monoisotopic (exact) mass is 223 g/mol. The first-order valence-corrected chi connectivity index (χ1v) is 6.74. The van der Waals surface area contributed by atoms with Crippen LogP contribution in [0.4, 0.5) is 0 Å². The lowest BCUT2D eigenvalue weighted by molar-refractivity contribution is 0.149. The van der Waals surface area contributed by atoms with Crippen LogP contribution in [0.5, 0.6) is 0 Å². The Kier molecular flexibility index (Phi) is 5.04. The van der Waals surface area contributed by atoms with E-state index in [4.69, 9.17) is 0 Å². The molecule has 0 spiro atoms. The molecule has 0 saturated heterocycles. The maximum Gasteiger partial charge on any atom is 0.0159 e. The fourth-order valence-corrected chi connectivity index (χ4v) is 2.72. The molecule has 16 heavy (non-hydrogen) atoms. The quantitative estimate of drug-likeness (QED) is 0.710. The summed E-state index contributed by atoms with van der Waals surface area (Å²) in [6.07, 6.45) is 5.65. The SMILES string of the molecule is C=C(C)CNCC1CCC(C(C)(C)C)CC1. The zero-order chi connectivity index (χ0) is 12.2. The summed E-state index contributed by atoms with van der Waals surface area (Å²) in [4.78, 5) is 0. The molecule has 0 amide bonds. The molecule has 1 N–H and O–H groups in total. The third kappa shape index (κ3) is 4.69. The van der Waals surface area contributed by atoms with Gasteiger partial charge in [-0.05, 0) is 56.4 Å². The third-order valence-electron chi connectivity index (χ3n) is 3.93. The molecular weight excluding hydrogens is 194 g/mol. The van der Waals surface area contributed by atoms with Crippen molar-refractivity contribution in [3.8, 4) is 0 Å². The summed E-state index contributed by atoms with van der Waals surface area (Å²) in [5, 5.41) is 3.51. The number of rotatable bonds is 4. The van der Waals surface area contributed by atoms with Crippen molar-refractivity contribution in [1.82, 2.24) is 5.32 Å². The second kappa shape index (κ2) is 5.86. The zero-order valence-electron chi connectivity index (χ0n) is 11.6. The van der Waals surface area contributed by atoms with Gasteiger partial charge in [0.15, 0.2) is 0 Å². The molecule has 0 bridgehead atoms. The topological polar surface area (TPSA) is 12.0 Å². The van der Waals surface area contributed by atoms with Gasteiger partial charge in [0.25, 0.3) is 0 Å². The number of hydrogen-bond donors (Lipinski definition) is 1. The first kappa shape index (κ1) is 13.8. The lowest BCUT2D eigenvalue weighted by Crippen LogP contribution is -2.31. The van der Waals surface area contributed by atoms with Crippen LogP contribution in [0.25, 0.3) is 0 Å². The highest BCUT2D eigenvalue weighted by Crippen LogP contribution is 2.39. The Morgan fingerprint density at radius 1 is 1.19 bits per heavy atom. The van der Waals surface area contributed by atoms with Gasteiger partial charge in [-0.15, -0.1) is 0 Å². The van der Waals surface area contributed by atoms with Gasteiger partial charge in [-0.1, -0.05) is 32.9 Å². The smallest absolute Gasteiger partial charge is 0.0159 e. The molecule has 0 aromatic rings. The molecule has 1 nitrogen and oxygen atoms in total. The first-order chi connectivity index (χ1) is 7.39. The highest BCUT2D eigenvalue weighted by atomic mass is 14.9. The minimum atomic E-state index is 0.510. The minimum absolute atomic E-state index is 0.510. The Bertz CT molecular complexity index is 216. The van der Waals surface area contributed by atoms with Gasteiger partial charge in [0.2, 0.25) is 0 Å². The number of nitrogens with one attached hydrogen (secondary N) is 1. The van der Waals surface area contributed by atoms with Gasteiger partial charge in [-0.25, -0.2) is 0 Å². The first-order valence-electron chi connectivity index (χ1n) is 6.74. The van der Waals surface area contributed by atoms with E-state index in [1.807, 2.05) is 0 Å². The van der Waals surface area contributed by atoms with Crippen molar-refractivity contribution < 1.29 is 0 Å². The Balaban J connectivity index is 2.19. The molecule has 0 unspecified atom stereocenters. The van der Waals surface area contributed by atoms with E-state index < -0.39 is 0 Å². The molecule has 1 aliphatic rings. The van der Waals surface area contributed by atoms with Crippen molar-refractivity contribution in [3.63, 3.8) is 0 Å². The van der Waals surface area contributed by atoms with Gasteiger partial charge in [0.1, 0.15) is 0 Å². The van der Waals surface area contributed by atoms with Crippen LogP contribution in [-0.4, -0.2) is 13.1 Å². The summed E-state index contributed by atoms with van der Waals surface area (Å²) in [7, 11) is 0. The van der Waals surface area contributed by atoms with Gasteiger partial charge in [-0.2, -0.15) is 0 Å². The van der Waals surface area contributed by atoms with E-state index in [1.54, 1.807) is 0 Å². The maximum absolute atomic E-state index is 3.92. The molecule has 0 aliphatic heterocycles. The Morgan fingerprint density at radius 2 is 1.75 bits per heavy atom. The molecule has 1 rings (SSSR count). The van der Waals surface area contributed by atoms with E-state index in [0.29, 0.717) is 5.41 Å². The fourth-order valence-electron chi connectivity index (χ4n) is 2.72. The second-order valence-electron chi connectivity index (χ2n) is 6.67. The van der Waals surface area contributed by atoms with Crippen LogP contribution in [0.3, 0.4) is 0 Å². The van der Waals surface area contributed by atoms with Crippen LogP contribution in [-0.2, 0) is 0 Å². The van der Waals surface area contributed by atoms with E-state index >= 15 is 0 Å². The van der Waals surface area contributed by atoms with Crippen LogP contribution >= 0.6 is 0 Å². The van der Waals surface area contributed by atoms with Crippen LogP contribution in [0.1, 0.15) is 53.4 Å². The van der Waals surface area contributed by atoms with Crippen molar-refractivity contribution in [2.45, 2.75) is 53.4 Å². The molecule has 0 aromatic heterocycles. The number of hydrogen-bond acceptors (Lipinski definition) is 1. The molecule has 0 heterocycles. The van der Waals surface area contributed by atoms with Crippen LogP contribution in [0, 0.1) is 17.3 Å². The predicted molar refractivity (Wildman–Crippen MR) is 72.6 cm³/mol. The third-order valence-corrected chi connectivity index (χ3v) is 3.93. The van der Waals surface area contributed by atoms with Crippen molar-refractivity contribution in [2.24, 2.45) is 17.3 Å². The summed E-state index contributed by atoms with van der Waals surface area (Å²) in [6.45, 7) is 15.3. The molecule has 1 fully saturated rings. The largest absolute Gasteiger partial charge is 0.313 e. The van der Waals surface area contributed by atoms with Crippen molar-refractivity contribution >= 4 is 0 Å². The minimum Gasteiger partial charge on any atom is -0.313 e. The molecular formula is C15H29N. The second-order valence-corrected chi connectivity index (χ2v) is 6.67. The fraction of sp³-hybridized carbons (Fsp3) is 0.867.